The van der Waals surface area contributed by atoms with Gasteiger partial charge in [0, 0.05) is 31.9 Å². The summed E-state index contributed by atoms with van der Waals surface area (Å²) in [5, 5.41) is 8.91. The first kappa shape index (κ1) is 14.7. The molecule has 1 fully saturated rings. The first-order chi connectivity index (χ1) is 9.45. The van der Waals surface area contributed by atoms with Crippen LogP contribution in [0.2, 0.25) is 0 Å². The molecule has 0 aliphatic carbocycles. The molecule has 0 aromatic heterocycles. The Labute approximate surface area is 116 Å². The zero-order valence-electron chi connectivity index (χ0n) is 11.2. The normalized spacial score (nSPS) is 17.1. The van der Waals surface area contributed by atoms with E-state index in [0.29, 0.717) is 5.69 Å². The van der Waals surface area contributed by atoms with Crippen LogP contribution in [-0.2, 0) is 6.18 Å². The standard InChI is InChI=1S/C14H16F3N3/c1-2-19-5-7-20(8-6-19)12-3-4-13(14(15,16)17)11(9-12)10-18/h3-4,9H,2,5-8H2,1H3. The van der Waals surface area contributed by atoms with Gasteiger partial charge >= 0.3 is 6.18 Å². The molecule has 0 spiro atoms. The molecule has 0 unspecified atom stereocenters. The smallest absolute Gasteiger partial charge is 0.369 e. The summed E-state index contributed by atoms with van der Waals surface area (Å²) in [5.41, 5.74) is -0.492. The van der Waals surface area contributed by atoms with E-state index < -0.39 is 11.7 Å². The average Bonchev–Trinajstić information content (AvgIpc) is 2.45. The maximum Gasteiger partial charge on any atom is 0.417 e. The van der Waals surface area contributed by atoms with Crippen LogP contribution in [0.3, 0.4) is 0 Å². The number of hydrogen-bond acceptors (Lipinski definition) is 3. The summed E-state index contributed by atoms with van der Waals surface area (Å²) >= 11 is 0. The van der Waals surface area contributed by atoms with E-state index in [0.717, 1.165) is 38.8 Å². The van der Waals surface area contributed by atoms with Gasteiger partial charge in [0.15, 0.2) is 0 Å². The lowest BCUT2D eigenvalue weighted by molar-refractivity contribution is -0.137. The molecule has 1 aromatic carbocycles. The number of piperazine rings is 1. The number of nitrogens with zero attached hydrogens (tertiary/aromatic N) is 3. The van der Waals surface area contributed by atoms with Crippen molar-refractivity contribution < 1.29 is 13.2 Å². The van der Waals surface area contributed by atoms with Gasteiger partial charge < -0.3 is 9.80 Å². The van der Waals surface area contributed by atoms with Crippen molar-refractivity contribution in [2.75, 3.05) is 37.6 Å². The fourth-order valence-corrected chi connectivity index (χ4v) is 2.39. The Balaban J connectivity index is 2.21. The van der Waals surface area contributed by atoms with Crippen LogP contribution in [0, 0.1) is 11.3 Å². The van der Waals surface area contributed by atoms with Gasteiger partial charge in [0.05, 0.1) is 17.2 Å². The van der Waals surface area contributed by atoms with Gasteiger partial charge in [-0.1, -0.05) is 6.92 Å². The van der Waals surface area contributed by atoms with Crippen LogP contribution < -0.4 is 4.90 Å². The third kappa shape index (κ3) is 3.05. The van der Waals surface area contributed by atoms with Crippen molar-refractivity contribution in [1.29, 1.82) is 5.26 Å². The topological polar surface area (TPSA) is 30.3 Å². The van der Waals surface area contributed by atoms with Crippen LogP contribution in [0.15, 0.2) is 18.2 Å². The summed E-state index contributed by atoms with van der Waals surface area (Å²) in [5.74, 6) is 0. The lowest BCUT2D eigenvalue weighted by Crippen LogP contribution is -2.46. The van der Waals surface area contributed by atoms with Crippen LogP contribution in [0.5, 0.6) is 0 Å². The third-order valence-corrected chi connectivity index (χ3v) is 3.61. The molecule has 1 aliphatic rings. The van der Waals surface area contributed by atoms with Crippen LogP contribution in [-0.4, -0.2) is 37.6 Å². The molecule has 0 radical (unpaired) electrons. The zero-order chi connectivity index (χ0) is 14.8. The van der Waals surface area contributed by atoms with Crippen LogP contribution in [0.25, 0.3) is 0 Å². The lowest BCUT2D eigenvalue weighted by Gasteiger charge is -2.35. The van der Waals surface area contributed by atoms with E-state index in [-0.39, 0.29) is 5.56 Å². The van der Waals surface area contributed by atoms with E-state index in [1.807, 2.05) is 4.90 Å². The Morgan fingerprint density at radius 3 is 2.35 bits per heavy atom. The quantitative estimate of drug-likeness (QED) is 0.836. The molecule has 2 rings (SSSR count). The van der Waals surface area contributed by atoms with E-state index >= 15 is 0 Å². The molecule has 0 bridgehead atoms. The fourth-order valence-electron chi connectivity index (χ4n) is 2.39. The predicted octanol–water partition coefficient (Wildman–Crippen LogP) is 2.72. The number of alkyl halides is 3. The van der Waals surface area contributed by atoms with Crippen molar-refractivity contribution in [2.45, 2.75) is 13.1 Å². The Hall–Kier alpha value is -1.74. The first-order valence-electron chi connectivity index (χ1n) is 6.54. The Morgan fingerprint density at radius 2 is 1.85 bits per heavy atom. The highest BCUT2D eigenvalue weighted by Gasteiger charge is 2.33. The molecule has 0 saturated carbocycles. The fraction of sp³-hybridized carbons (Fsp3) is 0.500. The summed E-state index contributed by atoms with van der Waals surface area (Å²) in [6.45, 7) is 6.37. The number of benzene rings is 1. The maximum atomic E-state index is 12.7. The molecule has 0 amide bonds. The number of anilines is 1. The monoisotopic (exact) mass is 283 g/mol. The Kier molecular flexibility index (Phi) is 4.19. The summed E-state index contributed by atoms with van der Waals surface area (Å²) in [7, 11) is 0. The van der Waals surface area contributed by atoms with E-state index in [1.165, 1.54) is 12.1 Å². The van der Waals surface area contributed by atoms with Crippen molar-refractivity contribution in [1.82, 2.24) is 4.90 Å². The molecular formula is C14H16F3N3. The van der Waals surface area contributed by atoms with E-state index in [1.54, 1.807) is 6.07 Å². The van der Waals surface area contributed by atoms with Gasteiger partial charge in [0.25, 0.3) is 0 Å². The SMILES string of the molecule is CCN1CCN(c2ccc(C(F)(F)F)c(C#N)c2)CC1. The number of hydrogen-bond donors (Lipinski definition) is 0. The molecule has 1 heterocycles. The predicted molar refractivity (Wildman–Crippen MR) is 70.5 cm³/mol. The second-order valence-electron chi connectivity index (χ2n) is 4.76. The van der Waals surface area contributed by atoms with Crippen LogP contribution >= 0.6 is 0 Å². The van der Waals surface area contributed by atoms with Crippen molar-refractivity contribution in [3.63, 3.8) is 0 Å². The number of halogens is 3. The van der Waals surface area contributed by atoms with Gasteiger partial charge in [-0.05, 0) is 24.7 Å². The average molecular weight is 283 g/mol. The van der Waals surface area contributed by atoms with E-state index in [4.69, 9.17) is 5.26 Å². The number of nitriles is 1. The molecule has 1 aromatic rings. The van der Waals surface area contributed by atoms with Gasteiger partial charge in [-0.3, -0.25) is 0 Å². The summed E-state index contributed by atoms with van der Waals surface area (Å²) in [4.78, 5) is 4.30. The zero-order valence-corrected chi connectivity index (χ0v) is 11.2. The summed E-state index contributed by atoms with van der Waals surface area (Å²) < 4.78 is 38.2. The molecule has 6 heteroatoms. The van der Waals surface area contributed by atoms with Crippen molar-refractivity contribution in [2.24, 2.45) is 0 Å². The summed E-state index contributed by atoms with van der Waals surface area (Å²) in [6.07, 6.45) is -4.48. The molecular weight excluding hydrogens is 267 g/mol. The van der Waals surface area contributed by atoms with Gasteiger partial charge in [-0.2, -0.15) is 18.4 Å². The van der Waals surface area contributed by atoms with Crippen molar-refractivity contribution in [3.05, 3.63) is 29.3 Å². The van der Waals surface area contributed by atoms with Gasteiger partial charge in [-0.25, -0.2) is 0 Å². The first-order valence-corrected chi connectivity index (χ1v) is 6.54. The van der Waals surface area contributed by atoms with Crippen LogP contribution in [0.1, 0.15) is 18.1 Å². The van der Waals surface area contributed by atoms with Crippen LogP contribution in [0.4, 0.5) is 18.9 Å². The van der Waals surface area contributed by atoms with Gasteiger partial charge in [-0.15, -0.1) is 0 Å². The molecule has 108 valence electrons. The van der Waals surface area contributed by atoms with Gasteiger partial charge in [0.1, 0.15) is 0 Å². The van der Waals surface area contributed by atoms with E-state index in [9.17, 15) is 13.2 Å². The largest absolute Gasteiger partial charge is 0.417 e. The number of rotatable bonds is 2. The van der Waals surface area contributed by atoms with E-state index in [2.05, 4.69) is 11.8 Å². The molecule has 1 saturated heterocycles. The molecule has 1 aliphatic heterocycles. The molecule has 3 nitrogen and oxygen atoms in total. The second-order valence-corrected chi connectivity index (χ2v) is 4.76. The second kappa shape index (κ2) is 5.71. The Morgan fingerprint density at radius 1 is 1.20 bits per heavy atom. The third-order valence-electron chi connectivity index (χ3n) is 3.61. The lowest BCUT2D eigenvalue weighted by atomic mass is 10.1. The van der Waals surface area contributed by atoms with Crippen molar-refractivity contribution >= 4 is 5.69 Å². The minimum atomic E-state index is -4.48. The molecule has 0 atom stereocenters. The minimum absolute atomic E-state index is 0.312. The highest BCUT2D eigenvalue weighted by atomic mass is 19.4. The highest BCUT2D eigenvalue weighted by molar-refractivity contribution is 5.55. The number of likely N-dealkylation sites (N-methyl/N-ethyl adjacent to an activating group) is 1. The Bertz CT molecular complexity index is 511. The summed E-state index contributed by atoms with van der Waals surface area (Å²) in [6, 6.07) is 5.43. The van der Waals surface area contributed by atoms with Gasteiger partial charge in [0.2, 0.25) is 0 Å². The van der Waals surface area contributed by atoms with Crippen molar-refractivity contribution in [3.8, 4) is 6.07 Å². The molecule has 0 N–H and O–H groups in total. The minimum Gasteiger partial charge on any atom is -0.369 e. The molecule has 20 heavy (non-hydrogen) atoms. The maximum absolute atomic E-state index is 12.7. The highest BCUT2D eigenvalue weighted by Crippen LogP contribution is 2.33.